The summed E-state index contributed by atoms with van der Waals surface area (Å²) in [5, 5.41) is 17.9. The highest BCUT2D eigenvalue weighted by Crippen LogP contribution is 2.11. The molecule has 20 heavy (non-hydrogen) atoms. The summed E-state index contributed by atoms with van der Waals surface area (Å²) in [7, 11) is 0. The van der Waals surface area contributed by atoms with Crippen molar-refractivity contribution in [3.05, 3.63) is 29.6 Å². The summed E-state index contributed by atoms with van der Waals surface area (Å²) in [5.74, 6) is 5.00. The third-order valence-electron chi connectivity index (χ3n) is 2.99. The van der Waals surface area contributed by atoms with Crippen LogP contribution in [-0.2, 0) is 4.74 Å². The number of pyridine rings is 1. The first-order chi connectivity index (χ1) is 9.76. The lowest BCUT2D eigenvalue weighted by Gasteiger charge is -2.34. The van der Waals surface area contributed by atoms with Gasteiger partial charge in [0.25, 0.3) is 5.91 Å². The second-order valence-electron chi connectivity index (χ2n) is 4.30. The quantitative estimate of drug-likeness (QED) is 0.695. The van der Waals surface area contributed by atoms with E-state index in [1.54, 1.807) is 17.0 Å². The average Bonchev–Trinajstić information content (AvgIpc) is 2.52. The fourth-order valence-electron chi connectivity index (χ4n) is 1.96. The number of nitrogens with zero attached hydrogens (tertiary/aromatic N) is 2. The molecule has 0 aliphatic carbocycles. The number of aliphatic hydroxyl groups is 2. The molecule has 1 aromatic heterocycles. The summed E-state index contributed by atoms with van der Waals surface area (Å²) >= 11 is 0. The maximum Gasteiger partial charge on any atom is 0.272 e. The summed E-state index contributed by atoms with van der Waals surface area (Å²) in [6, 6.07) is 2.94. The Hall–Kier alpha value is -1.94. The molecule has 0 aromatic carbocycles. The summed E-state index contributed by atoms with van der Waals surface area (Å²) in [5.41, 5.74) is 0.941. The number of carbonyl (C=O) groups excluding carboxylic acids is 1. The van der Waals surface area contributed by atoms with Crippen LogP contribution >= 0.6 is 0 Å². The molecular formula is C14H16N2O4. The maximum atomic E-state index is 12.3. The number of aromatic nitrogens is 1. The third-order valence-corrected chi connectivity index (χ3v) is 2.99. The molecule has 1 aliphatic heterocycles. The molecule has 1 atom stereocenters. The van der Waals surface area contributed by atoms with E-state index in [9.17, 15) is 9.90 Å². The van der Waals surface area contributed by atoms with Gasteiger partial charge in [-0.05, 0) is 12.1 Å². The monoisotopic (exact) mass is 276 g/mol. The molecule has 2 heterocycles. The molecular weight excluding hydrogens is 260 g/mol. The predicted octanol–water partition coefficient (Wildman–Crippen LogP) is -0.741. The third kappa shape index (κ3) is 3.33. The Balaban J connectivity index is 2.12. The highest BCUT2D eigenvalue weighted by molar-refractivity contribution is 5.92. The van der Waals surface area contributed by atoms with E-state index in [1.807, 2.05) is 0 Å². The molecule has 1 unspecified atom stereocenters. The van der Waals surface area contributed by atoms with Crippen molar-refractivity contribution in [1.82, 2.24) is 9.88 Å². The Bertz CT molecular complexity index is 518. The van der Waals surface area contributed by atoms with E-state index in [-0.39, 0.29) is 25.2 Å². The van der Waals surface area contributed by atoms with Gasteiger partial charge in [-0.25, -0.2) is 4.98 Å². The van der Waals surface area contributed by atoms with Crippen LogP contribution in [0.1, 0.15) is 16.1 Å². The Morgan fingerprint density at radius 2 is 2.35 bits per heavy atom. The first-order valence-electron chi connectivity index (χ1n) is 6.31. The summed E-state index contributed by atoms with van der Waals surface area (Å²) in [4.78, 5) is 18.0. The van der Waals surface area contributed by atoms with Gasteiger partial charge in [0.1, 0.15) is 12.3 Å². The number of hydrogen-bond donors (Lipinski definition) is 2. The molecule has 2 N–H and O–H groups in total. The normalized spacial score (nSPS) is 18.3. The Labute approximate surface area is 117 Å². The Morgan fingerprint density at radius 3 is 3.00 bits per heavy atom. The van der Waals surface area contributed by atoms with Crippen molar-refractivity contribution in [1.29, 1.82) is 0 Å². The Kier molecular flexibility index (Phi) is 5.07. The van der Waals surface area contributed by atoms with Gasteiger partial charge in [0.15, 0.2) is 0 Å². The lowest BCUT2D eigenvalue weighted by atomic mass is 10.2. The van der Waals surface area contributed by atoms with E-state index in [1.165, 1.54) is 6.20 Å². The van der Waals surface area contributed by atoms with Gasteiger partial charge in [0.2, 0.25) is 0 Å². The number of carbonyl (C=O) groups is 1. The number of morpholine rings is 1. The molecule has 6 nitrogen and oxygen atoms in total. The van der Waals surface area contributed by atoms with E-state index in [2.05, 4.69) is 16.8 Å². The molecule has 1 aliphatic rings. The number of rotatable bonds is 2. The average molecular weight is 276 g/mol. The second-order valence-corrected chi connectivity index (χ2v) is 4.30. The maximum absolute atomic E-state index is 12.3. The van der Waals surface area contributed by atoms with Crippen LogP contribution in [-0.4, -0.2) is 65.0 Å². The van der Waals surface area contributed by atoms with Crippen LogP contribution in [0, 0.1) is 11.8 Å². The van der Waals surface area contributed by atoms with Gasteiger partial charge >= 0.3 is 0 Å². The van der Waals surface area contributed by atoms with E-state index >= 15 is 0 Å². The summed E-state index contributed by atoms with van der Waals surface area (Å²) < 4.78 is 5.24. The summed E-state index contributed by atoms with van der Waals surface area (Å²) in [6.45, 7) is 0.890. The van der Waals surface area contributed by atoms with Gasteiger partial charge in [-0.2, -0.15) is 0 Å². The molecule has 0 saturated carbocycles. The predicted molar refractivity (Wildman–Crippen MR) is 70.9 cm³/mol. The zero-order valence-corrected chi connectivity index (χ0v) is 11.0. The van der Waals surface area contributed by atoms with Crippen LogP contribution in [0.25, 0.3) is 0 Å². The van der Waals surface area contributed by atoms with Crippen molar-refractivity contribution in [2.75, 3.05) is 33.0 Å². The Morgan fingerprint density at radius 1 is 1.50 bits per heavy atom. The fourth-order valence-corrected chi connectivity index (χ4v) is 1.96. The van der Waals surface area contributed by atoms with Crippen molar-refractivity contribution in [2.24, 2.45) is 0 Å². The van der Waals surface area contributed by atoms with E-state index < -0.39 is 0 Å². The van der Waals surface area contributed by atoms with Crippen LogP contribution in [0.3, 0.4) is 0 Å². The van der Waals surface area contributed by atoms with Crippen LogP contribution < -0.4 is 0 Å². The lowest BCUT2D eigenvalue weighted by molar-refractivity contribution is -0.0186. The fraction of sp³-hybridized carbons (Fsp3) is 0.429. The zero-order chi connectivity index (χ0) is 14.4. The van der Waals surface area contributed by atoms with Crippen molar-refractivity contribution in [2.45, 2.75) is 6.04 Å². The van der Waals surface area contributed by atoms with Gasteiger partial charge in [0.05, 0.1) is 25.9 Å². The highest BCUT2D eigenvalue weighted by Gasteiger charge is 2.28. The van der Waals surface area contributed by atoms with E-state index in [0.717, 1.165) is 0 Å². The standard InChI is InChI=1S/C14H16N2O4/c17-6-1-2-11-3-4-13(15-8-11)14(19)16-5-7-20-10-12(16)9-18/h3-4,8,12,17-18H,5-7,9-10H2. The van der Waals surface area contributed by atoms with Crippen LogP contribution in [0.2, 0.25) is 0 Å². The molecule has 0 radical (unpaired) electrons. The molecule has 1 fully saturated rings. The molecule has 0 bridgehead atoms. The van der Waals surface area contributed by atoms with Gasteiger partial charge in [-0.1, -0.05) is 11.8 Å². The minimum absolute atomic E-state index is 0.133. The van der Waals surface area contributed by atoms with Crippen molar-refractivity contribution >= 4 is 5.91 Å². The lowest BCUT2D eigenvalue weighted by Crippen LogP contribution is -2.50. The number of ether oxygens (including phenoxy) is 1. The molecule has 0 spiro atoms. The topological polar surface area (TPSA) is 82.9 Å². The second kappa shape index (κ2) is 7.01. The van der Waals surface area contributed by atoms with Gasteiger partial charge in [-0.3, -0.25) is 4.79 Å². The summed E-state index contributed by atoms with van der Waals surface area (Å²) in [6.07, 6.45) is 1.49. The van der Waals surface area contributed by atoms with Crippen molar-refractivity contribution < 1.29 is 19.7 Å². The van der Waals surface area contributed by atoms with Crippen LogP contribution in [0.15, 0.2) is 18.3 Å². The zero-order valence-electron chi connectivity index (χ0n) is 11.0. The van der Waals surface area contributed by atoms with Crippen molar-refractivity contribution in [3.8, 4) is 11.8 Å². The SMILES string of the molecule is O=C(c1ccc(C#CCO)cn1)N1CCOCC1CO. The number of amides is 1. The smallest absolute Gasteiger partial charge is 0.272 e. The molecule has 106 valence electrons. The number of hydrogen-bond acceptors (Lipinski definition) is 5. The van der Waals surface area contributed by atoms with Crippen molar-refractivity contribution in [3.63, 3.8) is 0 Å². The van der Waals surface area contributed by atoms with Gasteiger partial charge < -0.3 is 19.8 Å². The van der Waals surface area contributed by atoms with Gasteiger partial charge in [-0.15, -0.1) is 0 Å². The van der Waals surface area contributed by atoms with E-state index in [4.69, 9.17) is 9.84 Å². The molecule has 1 amide bonds. The first-order valence-corrected chi connectivity index (χ1v) is 6.31. The molecule has 6 heteroatoms. The van der Waals surface area contributed by atoms with Crippen LogP contribution in [0.5, 0.6) is 0 Å². The molecule has 1 aromatic rings. The minimum atomic E-state index is -0.327. The highest BCUT2D eigenvalue weighted by atomic mass is 16.5. The molecule has 2 rings (SSSR count). The van der Waals surface area contributed by atoms with E-state index in [0.29, 0.717) is 31.0 Å². The van der Waals surface area contributed by atoms with Gasteiger partial charge in [0, 0.05) is 18.3 Å². The largest absolute Gasteiger partial charge is 0.394 e. The first kappa shape index (κ1) is 14.5. The molecule has 1 saturated heterocycles. The minimum Gasteiger partial charge on any atom is -0.394 e. The number of aliphatic hydroxyl groups excluding tert-OH is 2. The van der Waals surface area contributed by atoms with Crippen LogP contribution in [0.4, 0.5) is 0 Å².